The zero-order chi connectivity index (χ0) is 14.2. The van der Waals surface area contributed by atoms with Gasteiger partial charge in [0, 0.05) is 19.3 Å². The molecule has 0 radical (unpaired) electrons. The predicted molar refractivity (Wildman–Crippen MR) is 72.8 cm³/mol. The van der Waals surface area contributed by atoms with Crippen LogP contribution in [0.3, 0.4) is 0 Å². The lowest BCUT2D eigenvalue weighted by Crippen LogP contribution is -2.09. The van der Waals surface area contributed by atoms with Gasteiger partial charge in [-0.15, -0.1) is 0 Å². The molecule has 0 aliphatic rings. The number of nitrogens with zero attached hydrogens (tertiary/aromatic N) is 6. The SMILES string of the molecule is [2H]Nc1ncnc(SCCNc2ncnc(NC)n2)n1. The molecule has 0 aliphatic carbocycles. The molecule has 0 saturated heterocycles. The third-order valence-electron chi connectivity index (χ3n) is 1.96. The van der Waals surface area contributed by atoms with Crippen molar-refractivity contribution in [1.82, 2.24) is 29.9 Å². The molecular weight excluding hydrogens is 266 g/mol. The van der Waals surface area contributed by atoms with Gasteiger partial charge in [-0.1, -0.05) is 11.8 Å². The summed E-state index contributed by atoms with van der Waals surface area (Å²) >= 11 is 1.44. The lowest BCUT2D eigenvalue weighted by Gasteiger charge is -2.04. The molecule has 0 aliphatic heterocycles. The molecule has 0 amide bonds. The van der Waals surface area contributed by atoms with Crippen LogP contribution in [0.5, 0.6) is 0 Å². The average Bonchev–Trinajstić information content (AvgIpc) is 2.52. The maximum Gasteiger partial charge on any atom is 0.227 e. The Labute approximate surface area is 115 Å². The van der Waals surface area contributed by atoms with E-state index < -0.39 is 0 Å². The normalized spacial score (nSPS) is 10.7. The van der Waals surface area contributed by atoms with Gasteiger partial charge in [0.05, 0.1) is 0 Å². The second-order valence-corrected chi connectivity index (χ2v) is 4.31. The van der Waals surface area contributed by atoms with Crippen molar-refractivity contribution in [3.05, 3.63) is 12.7 Å². The molecule has 2 rings (SSSR count). The van der Waals surface area contributed by atoms with E-state index in [9.17, 15) is 0 Å². The van der Waals surface area contributed by atoms with Crippen molar-refractivity contribution in [3.8, 4) is 0 Å². The van der Waals surface area contributed by atoms with E-state index in [0.29, 0.717) is 23.6 Å². The van der Waals surface area contributed by atoms with Crippen LogP contribution in [-0.2, 0) is 0 Å². The summed E-state index contributed by atoms with van der Waals surface area (Å²) in [5, 5.41) is 6.47. The summed E-state index contributed by atoms with van der Waals surface area (Å²) in [6.45, 7) is 0.646. The van der Waals surface area contributed by atoms with Crippen molar-refractivity contribution in [2.45, 2.75) is 5.16 Å². The Morgan fingerprint density at radius 3 is 2.89 bits per heavy atom. The van der Waals surface area contributed by atoms with Crippen molar-refractivity contribution in [2.24, 2.45) is 0 Å². The molecule has 100 valence electrons. The van der Waals surface area contributed by atoms with Gasteiger partial charge in [0.15, 0.2) is 6.57 Å². The van der Waals surface area contributed by atoms with E-state index in [1.54, 1.807) is 7.05 Å². The molecule has 0 unspecified atom stereocenters. The molecule has 0 atom stereocenters. The minimum absolute atomic E-state index is 0.228. The fourth-order valence-electron chi connectivity index (χ4n) is 1.16. The number of aromatic nitrogens is 6. The van der Waals surface area contributed by atoms with Crippen LogP contribution < -0.4 is 16.4 Å². The standard InChI is InChI=1S/C9H13N9S/c1-11-7-14-5-15-8(18-7)12-2-3-19-9-16-4-13-6(10)17-9/h4-5H,2-3H2,1H3,(H2,10,13,16,17)(H2,11,12,14,15,18)/i/hD. The second kappa shape index (κ2) is 6.64. The maximum absolute atomic E-state index is 6.95. The topological polar surface area (TPSA) is 127 Å². The molecule has 0 fully saturated rings. The number of nitrogens with two attached hydrogens (primary N) is 1. The highest BCUT2D eigenvalue weighted by Crippen LogP contribution is 2.11. The van der Waals surface area contributed by atoms with E-state index in [0.717, 1.165) is 5.75 Å². The summed E-state index contributed by atoms with van der Waals surface area (Å²) in [7, 11) is 1.74. The molecule has 19 heavy (non-hydrogen) atoms. The first-order valence-electron chi connectivity index (χ1n) is 5.92. The van der Waals surface area contributed by atoms with Gasteiger partial charge < -0.3 is 16.4 Å². The summed E-state index contributed by atoms with van der Waals surface area (Å²) in [5.41, 5.74) is 2.12. The van der Waals surface area contributed by atoms with Crippen molar-refractivity contribution in [1.29, 1.82) is 0 Å². The Hall–Kier alpha value is -2.23. The number of hydrogen-bond donors (Lipinski definition) is 3. The van der Waals surface area contributed by atoms with E-state index in [4.69, 9.17) is 1.41 Å². The molecule has 2 aromatic rings. The highest BCUT2D eigenvalue weighted by molar-refractivity contribution is 7.99. The maximum atomic E-state index is 6.95. The van der Waals surface area contributed by atoms with E-state index in [2.05, 4.69) is 46.3 Å². The van der Waals surface area contributed by atoms with Crippen molar-refractivity contribution >= 4 is 29.6 Å². The smallest absolute Gasteiger partial charge is 0.227 e. The molecule has 4 N–H and O–H groups in total. The molecule has 0 spiro atoms. The van der Waals surface area contributed by atoms with Gasteiger partial charge in [-0.05, 0) is 0 Å². The lowest BCUT2D eigenvalue weighted by molar-refractivity contribution is 0.914. The summed E-state index contributed by atoms with van der Waals surface area (Å²) in [4.78, 5) is 23.8. The number of nitrogen functional groups attached to an aromatic ring is 1. The number of rotatable bonds is 7. The third-order valence-corrected chi connectivity index (χ3v) is 2.82. The Bertz CT molecular complexity index is 505. The minimum Gasteiger partial charge on any atom is -0.368 e. The Kier molecular flexibility index (Phi) is 4.13. The molecule has 10 heteroatoms. The molecule has 9 nitrogen and oxygen atoms in total. The number of hydrogen-bond acceptors (Lipinski definition) is 10. The van der Waals surface area contributed by atoms with Gasteiger partial charge >= 0.3 is 0 Å². The van der Waals surface area contributed by atoms with Crippen molar-refractivity contribution in [2.75, 3.05) is 35.7 Å². The van der Waals surface area contributed by atoms with Gasteiger partial charge in [0.1, 0.15) is 12.7 Å². The molecule has 2 aromatic heterocycles. The van der Waals surface area contributed by atoms with Gasteiger partial charge in [-0.2, -0.15) is 9.97 Å². The number of thioether (sulfide) groups is 1. The molecule has 0 aromatic carbocycles. The summed E-state index contributed by atoms with van der Waals surface area (Å²) in [5.74, 6) is 1.97. The van der Waals surface area contributed by atoms with E-state index in [-0.39, 0.29) is 5.95 Å². The van der Waals surface area contributed by atoms with Crippen LogP contribution in [0.2, 0.25) is 1.41 Å². The van der Waals surface area contributed by atoms with E-state index >= 15 is 0 Å². The van der Waals surface area contributed by atoms with Crippen LogP contribution >= 0.6 is 11.8 Å². The second-order valence-electron chi connectivity index (χ2n) is 3.25. The highest BCUT2D eigenvalue weighted by atomic mass is 32.2. The van der Waals surface area contributed by atoms with Crippen LogP contribution in [0.25, 0.3) is 0 Å². The fourth-order valence-corrected chi connectivity index (χ4v) is 1.82. The minimum atomic E-state index is 0.228. The van der Waals surface area contributed by atoms with Crippen molar-refractivity contribution in [3.63, 3.8) is 0 Å². The first-order valence-corrected chi connectivity index (χ1v) is 6.40. The average molecular weight is 280 g/mol. The zero-order valence-corrected chi connectivity index (χ0v) is 11.0. The Morgan fingerprint density at radius 2 is 2.05 bits per heavy atom. The van der Waals surface area contributed by atoms with Crippen LogP contribution in [0.15, 0.2) is 17.8 Å². The molecule has 2 heterocycles. The van der Waals surface area contributed by atoms with Crippen LogP contribution in [-0.4, -0.2) is 49.2 Å². The monoisotopic (exact) mass is 280 g/mol. The molecule has 0 bridgehead atoms. The summed E-state index contributed by atoms with van der Waals surface area (Å²) in [6, 6.07) is 0. The van der Waals surface area contributed by atoms with E-state index in [1.165, 1.54) is 24.4 Å². The first-order chi connectivity index (χ1) is 9.81. The summed E-state index contributed by atoms with van der Waals surface area (Å²) < 4.78 is 6.95. The third kappa shape index (κ3) is 4.17. The van der Waals surface area contributed by atoms with Gasteiger partial charge in [-0.3, -0.25) is 0 Å². The number of nitrogens with one attached hydrogen (secondary N) is 2. The largest absolute Gasteiger partial charge is 0.368 e. The predicted octanol–water partition coefficient (Wildman–Crippen LogP) is -0.115. The first kappa shape index (κ1) is 11.8. The van der Waals surface area contributed by atoms with Gasteiger partial charge in [-0.25, -0.2) is 19.9 Å². The zero-order valence-electron chi connectivity index (χ0n) is 11.2. The Morgan fingerprint density at radius 1 is 1.21 bits per heavy atom. The van der Waals surface area contributed by atoms with Gasteiger partial charge in [0.25, 0.3) is 0 Å². The lowest BCUT2D eigenvalue weighted by atomic mass is 10.7. The molecular formula is C9H13N9S. The quantitative estimate of drug-likeness (QED) is 0.466. The van der Waals surface area contributed by atoms with Gasteiger partial charge in [0.2, 0.25) is 17.8 Å². The highest BCUT2D eigenvalue weighted by Gasteiger charge is 2.00. The Balaban J connectivity index is 1.78. The summed E-state index contributed by atoms with van der Waals surface area (Å²) in [6.07, 6.45) is 2.80. The van der Waals surface area contributed by atoms with Crippen LogP contribution in [0, 0.1) is 0 Å². The molecule has 0 saturated carbocycles. The number of anilines is 3. The fraction of sp³-hybridized carbons (Fsp3) is 0.333. The van der Waals surface area contributed by atoms with E-state index in [1.807, 2.05) is 0 Å². The van der Waals surface area contributed by atoms with Crippen LogP contribution in [0.4, 0.5) is 17.8 Å². The van der Waals surface area contributed by atoms with Crippen molar-refractivity contribution < 1.29 is 1.41 Å². The van der Waals surface area contributed by atoms with Crippen LogP contribution in [0.1, 0.15) is 0 Å².